The largest absolute Gasteiger partial charge is 0.477 e. The minimum Gasteiger partial charge on any atom is -0.477 e. The monoisotopic (exact) mass is 237 g/mol. The van der Waals surface area contributed by atoms with Crippen molar-refractivity contribution in [3.8, 4) is 5.69 Å². The number of halogens is 1. The second kappa shape index (κ2) is 3.94. The lowest BCUT2D eigenvalue weighted by atomic mass is 10.3. The van der Waals surface area contributed by atoms with Crippen molar-refractivity contribution in [2.75, 3.05) is 0 Å². The number of carbonyl (C=O) groups is 1. The molecular weight excluding hydrogens is 230 g/mol. The third-order valence-corrected chi connectivity index (χ3v) is 2.44. The van der Waals surface area contributed by atoms with Crippen molar-refractivity contribution in [1.82, 2.24) is 14.8 Å². The molecule has 0 spiro atoms. The normalized spacial score (nSPS) is 10.4. The highest BCUT2D eigenvalue weighted by molar-refractivity contribution is 6.31. The van der Waals surface area contributed by atoms with E-state index in [2.05, 4.69) is 10.1 Å². The number of pyridine rings is 1. The molecule has 0 bridgehead atoms. The summed E-state index contributed by atoms with van der Waals surface area (Å²) in [7, 11) is 0. The van der Waals surface area contributed by atoms with Crippen molar-refractivity contribution in [2.45, 2.75) is 6.92 Å². The van der Waals surface area contributed by atoms with Gasteiger partial charge in [-0.25, -0.2) is 14.5 Å². The van der Waals surface area contributed by atoms with Crippen LogP contribution in [-0.4, -0.2) is 25.8 Å². The van der Waals surface area contributed by atoms with E-state index in [4.69, 9.17) is 16.7 Å². The highest BCUT2D eigenvalue weighted by Crippen LogP contribution is 2.15. The molecule has 2 heterocycles. The van der Waals surface area contributed by atoms with Crippen LogP contribution in [0, 0.1) is 6.92 Å². The quantitative estimate of drug-likeness (QED) is 0.867. The third kappa shape index (κ3) is 1.90. The number of rotatable bonds is 2. The Morgan fingerprint density at radius 3 is 2.69 bits per heavy atom. The fourth-order valence-corrected chi connectivity index (χ4v) is 1.35. The first-order valence-corrected chi connectivity index (χ1v) is 4.87. The Kier molecular flexibility index (Phi) is 2.62. The minimum atomic E-state index is -1.05. The Labute approximate surface area is 96.3 Å². The zero-order valence-corrected chi connectivity index (χ0v) is 9.14. The van der Waals surface area contributed by atoms with Gasteiger partial charge in [-0.1, -0.05) is 11.6 Å². The summed E-state index contributed by atoms with van der Waals surface area (Å²) in [6, 6.07) is 3.04. The maximum Gasteiger partial charge on any atom is 0.354 e. The van der Waals surface area contributed by atoms with E-state index >= 15 is 0 Å². The Hall–Kier alpha value is -1.88. The lowest BCUT2D eigenvalue weighted by Gasteiger charge is -2.00. The van der Waals surface area contributed by atoms with Gasteiger partial charge in [0.2, 0.25) is 0 Å². The molecule has 16 heavy (non-hydrogen) atoms. The molecule has 2 aromatic rings. The minimum absolute atomic E-state index is 0.00118. The van der Waals surface area contributed by atoms with Crippen LogP contribution >= 0.6 is 11.6 Å². The van der Waals surface area contributed by atoms with E-state index in [1.807, 2.05) is 0 Å². The van der Waals surface area contributed by atoms with E-state index in [-0.39, 0.29) is 5.69 Å². The van der Waals surface area contributed by atoms with Crippen molar-refractivity contribution in [2.24, 2.45) is 0 Å². The van der Waals surface area contributed by atoms with Gasteiger partial charge < -0.3 is 5.11 Å². The number of aryl methyl sites for hydroxylation is 1. The lowest BCUT2D eigenvalue weighted by Crippen LogP contribution is -2.02. The van der Waals surface area contributed by atoms with Crippen LogP contribution in [-0.2, 0) is 0 Å². The van der Waals surface area contributed by atoms with E-state index in [0.29, 0.717) is 16.4 Å². The first-order chi connectivity index (χ1) is 7.58. The summed E-state index contributed by atoms with van der Waals surface area (Å²) in [5, 5.41) is 13.4. The Bertz CT molecular complexity index is 514. The maximum atomic E-state index is 10.6. The van der Waals surface area contributed by atoms with Crippen molar-refractivity contribution >= 4 is 17.6 Å². The summed E-state index contributed by atoms with van der Waals surface area (Å²) >= 11 is 5.86. The fraction of sp³-hybridized carbons (Fsp3) is 0.100. The second-order valence-corrected chi connectivity index (χ2v) is 3.62. The Morgan fingerprint density at radius 2 is 2.25 bits per heavy atom. The van der Waals surface area contributed by atoms with Crippen molar-refractivity contribution < 1.29 is 9.90 Å². The van der Waals surface area contributed by atoms with Crippen LogP contribution in [0.15, 0.2) is 24.5 Å². The molecule has 0 aliphatic rings. The molecule has 0 radical (unpaired) electrons. The van der Waals surface area contributed by atoms with E-state index in [1.54, 1.807) is 23.9 Å². The number of hydrogen-bond acceptors (Lipinski definition) is 3. The van der Waals surface area contributed by atoms with Crippen LogP contribution in [0.25, 0.3) is 5.69 Å². The van der Waals surface area contributed by atoms with Crippen LogP contribution in [0.3, 0.4) is 0 Å². The lowest BCUT2D eigenvalue weighted by molar-refractivity contribution is 0.0690. The van der Waals surface area contributed by atoms with E-state index in [0.717, 1.165) is 0 Å². The van der Waals surface area contributed by atoms with Gasteiger partial charge in [-0.05, 0) is 19.1 Å². The van der Waals surface area contributed by atoms with Gasteiger partial charge in [0.25, 0.3) is 0 Å². The molecule has 5 nitrogen and oxygen atoms in total. The molecule has 0 aromatic carbocycles. The van der Waals surface area contributed by atoms with Gasteiger partial charge in [0, 0.05) is 6.20 Å². The predicted molar refractivity (Wildman–Crippen MR) is 58.1 cm³/mol. The highest BCUT2D eigenvalue weighted by atomic mass is 35.5. The molecule has 0 saturated carbocycles. The van der Waals surface area contributed by atoms with Gasteiger partial charge in [0.05, 0.1) is 22.6 Å². The Balaban J connectivity index is 2.38. The number of aromatic nitrogens is 3. The van der Waals surface area contributed by atoms with Crippen LogP contribution < -0.4 is 0 Å². The van der Waals surface area contributed by atoms with Gasteiger partial charge in [-0.15, -0.1) is 0 Å². The molecule has 1 N–H and O–H groups in total. The molecule has 82 valence electrons. The second-order valence-electron chi connectivity index (χ2n) is 3.21. The molecule has 0 aliphatic heterocycles. The smallest absolute Gasteiger partial charge is 0.354 e. The topological polar surface area (TPSA) is 68.0 Å². The first-order valence-electron chi connectivity index (χ1n) is 4.49. The zero-order valence-electron chi connectivity index (χ0n) is 8.38. The van der Waals surface area contributed by atoms with Crippen LogP contribution in [0.4, 0.5) is 0 Å². The molecule has 0 saturated heterocycles. The van der Waals surface area contributed by atoms with Crippen molar-refractivity contribution in [3.63, 3.8) is 0 Å². The van der Waals surface area contributed by atoms with Crippen molar-refractivity contribution in [3.05, 3.63) is 40.9 Å². The number of nitrogens with zero attached hydrogens (tertiary/aromatic N) is 3. The summed E-state index contributed by atoms with van der Waals surface area (Å²) < 4.78 is 1.55. The molecule has 0 fully saturated rings. The molecular formula is C10H8ClN3O2. The first kappa shape index (κ1) is 10.6. The van der Waals surface area contributed by atoms with Crippen molar-refractivity contribution in [1.29, 1.82) is 0 Å². The molecule has 2 rings (SSSR count). The van der Waals surface area contributed by atoms with Crippen LogP contribution in [0.1, 0.15) is 16.2 Å². The molecule has 0 atom stereocenters. The van der Waals surface area contributed by atoms with E-state index in [1.165, 1.54) is 12.3 Å². The average Bonchev–Trinajstić information content (AvgIpc) is 2.59. The molecule has 2 aromatic heterocycles. The van der Waals surface area contributed by atoms with Crippen LogP contribution in [0.5, 0.6) is 0 Å². The van der Waals surface area contributed by atoms with Gasteiger partial charge in [-0.2, -0.15) is 5.10 Å². The molecule has 6 heteroatoms. The number of carboxylic acids is 1. The van der Waals surface area contributed by atoms with Gasteiger partial charge in [-0.3, -0.25) is 0 Å². The van der Waals surface area contributed by atoms with Gasteiger partial charge in [0.1, 0.15) is 5.69 Å². The van der Waals surface area contributed by atoms with E-state index < -0.39 is 5.97 Å². The molecule has 0 unspecified atom stereocenters. The van der Waals surface area contributed by atoms with Crippen LogP contribution in [0.2, 0.25) is 5.02 Å². The SMILES string of the molecule is Cc1nn(-c2ccc(C(=O)O)nc2)cc1Cl. The number of aromatic carboxylic acids is 1. The predicted octanol–water partition coefficient (Wildman–Crippen LogP) is 1.93. The van der Waals surface area contributed by atoms with Gasteiger partial charge in [0.15, 0.2) is 0 Å². The highest BCUT2D eigenvalue weighted by Gasteiger charge is 2.07. The number of carboxylic acid groups (broad SMARTS) is 1. The maximum absolute atomic E-state index is 10.6. The zero-order chi connectivity index (χ0) is 11.7. The summed E-state index contributed by atoms with van der Waals surface area (Å²) in [6.45, 7) is 1.79. The molecule has 0 aliphatic carbocycles. The summed E-state index contributed by atoms with van der Waals surface area (Å²) in [5.41, 5.74) is 1.38. The third-order valence-electron chi connectivity index (χ3n) is 2.07. The number of hydrogen-bond donors (Lipinski definition) is 1. The summed E-state index contributed by atoms with van der Waals surface area (Å²) in [6.07, 6.45) is 3.08. The van der Waals surface area contributed by atoms with E-state index in [9.17, 15) is 4.79 Å². The standard InChI is InChI=1S/C10H8ClN3O2/c1-6-8(11)5-14(13-6)7-2-3-9(10(15)16)12-4-7/h2-5H,1H3,(H,15,16). The molecule has 0 amide bonds. The summed E-state index contributed by atoms with van der Waals surface area (Å²) in [4.78, 5) is 14.4. The average molecular weight is 238 g/mol. The summed E-state index contributed by atoms with van der Waals surface area (Å²) in [5.74, 6) is -1.05. The van der Waals surface area contributed by atoms with Gasteiger partial charge >= 0.3 is 5.97 Å². The Morgan fingerprint density at radius 1 is 1.50 bits per heavy atom. The fourth-order valence-electron chi connectivity index (χ4n) is 1.22.